The van der Waals surface area contributed by atoms with Crippen molar-refractivity contribution in [2.24, 2.45) is 5.73 Å². The standard InChI is InChI=1S/C25H28F2N2O3/c1-3-23(28)25(16-11-17(26)13-18(27)12-16)7-4-19(5-8-25)32-22-10-15-6-9-29-24(30)20(15)14-21(22)31-2/h6,9-14,19,23H,3-5,7-8,28H2,1-2H3,(H,29,30)/t19-,23-,25-/m1/s1. The lowest BCUT2D eigenvalue weighted by atomic mass is 9.64. The van der Waals surface area contributed by atoms with Gasteiger partial charge in [0.25, 0.3) is 5.56 Å². The largest absolute Gasteiger partial charge is 0.493 e. The Labute approximate surface area is 185 Å². The molecule has 5 nitrogen and oxygen atoms in total. The third-order valence-corrected chi connectivity index (χ3v) is 6.76. The van der Waals surface area contributed by atoms with E-state index in [9.17, 15) is 13.6 Å². The molecule has 0 aliphatic heterocycles. The zero-order valence-electron chi connectivity index (χ0n) is 18.3. The van der Waals surface area contributed by atoms with E-state index >= 15 is 0 Å². The van der Waals surface area contributed by atoms with Gasteiger partial charge in [0.1, 0.15) is 11.6 Å². The van der Waals surface area contributed by atoms with Gasteiger partial charge in [0.15, 0.2) is 11.5 Å². The molecular formula is C25H28F2N2O3. The van der Waals surface area contributed by atoms with Crippen LogP contribution in [-0.4, -0.2) is 24.2 Å². The minimum atomic E-state index is -0.586. The first-order chi connectivity index (χ1) is 15.4. The maximum absolute atomic E-state index is 14.0. The molecule has 1 aromatic heterocycles. The van der Waals surface area contributed by atoms with Crippen LogP contribution in [0.3, 0.4) is 0 Å². The van der Waals surface area contributed by atoms with Crippen LogP contribution in [-0.2, 0) is 5.41 Å². The van der Waals surface area contributed by atoms with E-state index < -0.39 is 17.0 Å². The molecule has 2 aromatic carbocycles. The number of methoxy groups -OCH3 is 1. The second-order valence-electron chi connectivity index (χ2n) is 8.54. The quantitative estimate of drug-likeness (QED) is 0.574. The van der Waals surface area contributed by atoms with Gasteiger partial charge in [-0.25, -0.2) is 8.78 Å². The van der Waals surface area contributed by atoms with Gasteiger partial charge >= 0.3 is 0 Å². The maximum atomic E-state index is 14.0. The van der Waals surface area contributed by atoms with Crippen molar-refractivity contribution in [2.45, 2.75) is 56.6 Å². The summed E-state index contributed by atoms with van der Waals surface area (Å²) in [4.78, 5) is 14.7. The Morgan fingerprint density at radius 1 is 1.12 bits per heavy atom. The number of halogens is 2. The Balaban J connectivity index is 1.59. The molecule has 1 aliphatic carbocycles. The Hall–Kier alpha value is -2.93. The molecular weight excluding hydrogens is 414 g/mol. The molecule has 3 N–H and O–H groups in total. The fraction of sp³-hybridized carbons (Fsp3) is 0.400. The predicted molar refractivity (Wildman–Crippen MR) is 120 cm³/mol. The molecule has 0 unspecified atom stereocenters. The summed E-state index contributed by atoms with van der Waals surface area (Å²) in [6, 6.07) is 8.79. The van der Waals surface area contributed by atoms with Crippen LogP contribution in [0, 0.1) is 11.6 Å². The molecule has 0 spiro atoms. The van der Waals surface area contributed by atoms with E-state index in [1.165, 1.54) is 19.2 Å². The summed E-state index contributed by atoms with van der Waals surface area (Å²) in [6.45, 7) is 1.99. The van der Waals surface area contributed by atoms with Gasteiger partial charge in [-0.3, -0.25) is 4.79 Å². The summed E-state index contributed by atoms with van der Waals surface area (Å²) in [5.74, 6) is -0.114. The number of aromatic amines is 1. The van der Waals surface area contributed by atoms with Crippen LogP contribution in [0.5, 0.6) is 11.5 Å². The van der Waals surface area contributed by atoms with E-state index in [1.54, 1.807) is 12.3 Å². The number of nitrogens with two attached hydrogens (primary N) is 1. The molecule has 1 atom stereocenters. The lowest BCUT2D eigenvalue weighted by Crippen LogP contribution is -2.49. The van der Waals surface area contributed by atoms with Crippen molar-refractivity contribution >= 4 is 10.8 Å². The lowest BCUT2D eigenvalue weighted by Gasteiger charge is -2.44. The molecule has 1 saturated carbocycles. The van der Waals surface area contributed by atoms with E-state index in [4.69, 9.17) is 15.2 Å². The summed E-state index contributed by atoms with van der Waals surface area (Å²) in [5, 5.41) is 1.29. The van der Waals surface area contributed by atoms with Gasteiger partial charge in [0.2, 0.25) is 0 Å². The minimum Gasteiger partial charge on any atom is -0.493 e. The molecule has 170 valence electrons. The van der Waals surface area contributed by atoms with Crippen LogP contribution in [0.15, 0.2) is 47.4 Å². The number of nitrogens with one attached hydrogen (secondary N) is 1. The Morgan fingerprint density at radius 3 is 2.44 bits per heavy atom. The Kier molecular flexibility index (Phi) is 6.20. The highest BCUT2D eigenvalue weighted by molar-refractivity contribution is 5.85. The summed E-state index contributed by atoms with van der Waals surface area (Å²) in [7, 11) is 1.54. The Bertz CT molecular complexity index is 1150. The van der Waals surface area contributed by atoms with Crippen LogP contribution in [0.2, 0.25) is 0 Å². The topological polar surface area (TPSA) is 77.3 Å². The average Bonchev–Trinajstić information content (AvgIpc) is 2.78. The van der Waals surface area contributed by atoms with Crippen LogP contribution in [0.1, 0.15) is 44.6 Å². The smallest absolute Gasteiger partial charge is 0.255 e. The summed E-state index contributed by atoms with van der Waals surface area (Å²) >= 11 is 0. The van der Waals surface area contributed by atoms with Crippen molar-refractivity contribution < 1.29 is 18.3 Å². The molecule has 0 amide bonds. The molecule has 4 rings (SSSR count). The number of rotatable bonds is 6. The summed E-state index contributed by atoms with van der Waals surface area (Å²) < 4.78 is 39.7. The van der Waals surface area contributed by atoms with E-state index in [0.29, 0.717) is 54.6 Å². The highest BCUT2D eigenvalue weighted by atomic mass is 19.1. The molecule has 3 aromatic rings. The van der Waals surface area contributed by atoms with Gasteiger partial charge < -0.3 is 20.2 Å². The molecule has 0 radical (unpaired) electrons. The zero-order chi connectivity index (χ0) is 22.9. The van der Waals surface area contributed by atoms with Gasteiger partial charge in [0.05, 0.1) is 18.6 Å². The number of H-pyrrole nitrogens is 1. The van der Waals surface area contributed by atoms with Gasteiger partial charge in [-0.05, 0) is 73.4 Å². The van der Waals surface area contributed by atoms with Crippen molar-refractivity contribution in [3.8, 4) is 11.5 Å². The SMILES string of the molecule is CC[C@@H](N)[C@]1(c2cc(F)cc(F)c2)CC[C@@H](Oc2cc3cc[nH]c(=O)c3cc2OC)CC1. The maximum Gasteiger partial charge on any atom is 0.255 e. The van der Waals surface area contributed by atoms with Crippen molar-refractivity contribution in [2.75, 3.05) is 7.11 Å². The van der Waals surface area contributed by atoms with Gasteiger partial charge in [0, 0.05) is 23.7 Å². The predicted octanol–water partition coefficient (Wildman–Crippen LogP) is 4.81. The zero-order valence-corrected chi connectivity index (χ0v) is 18.3. The number of ether oxygens (including phenoxy) is 2. The first kappa shape index (κ1) is 22.3. The van der Waals surface area contributed by atoms with Crippen LogP contribution >= 0.6 is 0 Å². The van der Waals surface area contributed by atoms with Crippen LogP contribution in [0.4, 0.5) is 8.78 Å². The minimum absolute atomic E-state index is 0.0982. The number of aromatic nitrogens is 1. The summed E-state index contributed by atoms with van der Waals surface area (Å²) in [5.41, 5.74) is 6.42. The molecule has 1 fully saturated rings. The van der Waals surface area contributed by atoms with E-state index in [1.807, 2.05) is 19.1 Å². The van der Waals surface area contributed by atoms with Crippen molar-refractivity contribution in [3.05, 3.63) is 70.1 Å². The Morgan fingerprint density at radius 2 is 1.81 bits per heavy atom. The third kappa shape index (κ3) is 4.09. The van der Waals surface area contributed by atoms with Gasteiger partial charge in [-0.2, -0.15) is 0 Å². The van der Waals surface area contributed by atoms with Crippen molar-refractivity contribution in [1.29, 1.82) is 0 Å². The second kappa shape index (κ2) is 8.90. The fourth-order valence-corrected chi connectivity index (χ4v) is 4.96. The average molecular weight is 443 g/mol. The van der Waals surface area contributed by atoms with E-state index in [2.05, 4.69) is 4.98 Å². The van der Waals surface area contributed by atoms with Gasteiger partial charge in [-0.1, -0.05) is 6.92 Å². The molecule has 0 bridgehead atoms. The number of fused-ring (bicyclic) bond motifs is 1. The monoisotopic (exact) mass is 442 g/mol. The molecule has 1 heterocycles. The van der Waals surface area contributed by atoms with Crippen LogP contribution in [0.25, 0.3) is 10.8 Å². The first-order valence-corrected chi connectivity index (χ1v) is 10.9. The van der Waals surface area contributed by atoms with E-state index in [-0.39, 0.29) is 17.7 Å². The third-order valence-electron chi connectivity index (χ3n) is 6.76. The number of hydrogen-bond donors (Lipinski definition) is 2. The normalized spacial score (nSPS) is 22.0. The molecule has 7 heteroatoms. The van der Waals surface area contributed by atoms with E-state index in [0.717, 1.165) is 11.5 Å². The second-order valence-corrected chi connectivity index (χ2v) is 8.54. The number of benzene rings is 2. The summed E-state index contributed by atoms with van der Waals surface area (Å²) in [6.07, 6.45) is 4.89. The highest BCUT2D eigenvalue weighted by Gasteiger charge is 2.42. The highest BCUT2D eigenvalue weighted by Crippen LogP contribution is 2.44. The van der Waals surface area contributed by atoms with Crippen LogP contribution < -0.4 is 20.8 Å². The first-order valence-electron chi connectivity index (χ1n) is 10.9. The molecule has 1 aliphatic rings. The van der Waals surface area contributed by atoms with Crippen molar-refractivity contribution in [3.63, 3.8) is 0 Å². The number of pyridine rings is 1. The molecule has 32 heavy (non-hydrogen) atoms. The van der Waals surface area contributed by atoms with Gasteiger partial charge in [-0.15, -0.1) is 0 Å². The fourth-order valence-electron chi connectivity index (χ4n) is 4.96. The van der Waals surface area contributed by atoms with Crippen molar-refractivity contribution in [1.82, 2.24) is 4.98 Å². The lowest BCUT2D eigenvalue weighted by molar-refractivity contribution is 0.101. The number of hydrogen-bond acceptors (Lipinski definition) is 4. The molecule has 0 saturated heterocycles.